The average Bonchev–Trinajstić information content (AvgIpc) is 3.17. The summed E-state index contributed by atoms with van der Waals surface area (Å²) in [7, 11) is 0. The summed E-state index contributed by atoms with van der Waals surface area (Å²) in [6, 6.07) is 0.167. The van der Waals surface area contributed by atoms with Crippen molar-refractivity contribution >= 4 is 5.91 Å². The lowest BCUT2D eigenvalue weighted by Gasteiger charge is -2.41. The standard InChI is InChI=1S/C15H24N4O2/c1-3-18-7-8-19(10-13(18)14-16-5-6-17-14)15(20)12-4-9-21-11(12)2/h5-6,11-13H,3-4,7-10H2,1-2H3,(H,16,17)/t11-,12-,13+/m1/s1. The van der Waals surface area contributed by atoms with Gasteiger partial charge in [0.2, 0.25) is 5.91 Å². The van der Waals surface area contributed by atoms with Crippen molar-refractivity contribution in [1.29, 1.82) is 0 Å². The molecule has 0 unspecified atom stereocenters. The molecule has 6 nitrogen and oxygen atoms in total. The van der Waals surface area contributed by atoms with E-state index in [1.54, 1.807) is 6.20 Å². The molecule has 1 aromatic rings. The molecule has 2 aliphatic rings. The molecule has 2 saturated heterocycles. The van der Waals surface area contributed by atoms with Gasteiger partial charge in [-0.25, -0.2) is 4.98 Å². The van der Waals surface area contributed by atoms with E-state index in [0.717, 1.165) is 31.9 Å². The van der Waals surface area contributed by atoms with Crippen LogP contribution in [0.15, 0.2) is 12.4 Å². The molecule has 0 spiro atoms. The normalized spacial score (nSPS) is 30.8. The number of hydrogen-bond donors (Lipinski definition) is 1. The van der Waals surface area contributed by atoms with E-state index < -0.39 is 0 Å². The molecule has 0 aromatic carbocycles. The van der Waals surface area contributed by atoms with Crippen LogP contribution in [0.3, 0.4) is 0 Å². The van der Waals surface area contributed by atoms with Gasteiger partial charge >= 0.3 is 0 Å². The van der Waals surface area contributed by atoms with Crippen LogP contribution in [0.2, 0.25) is 0 Å². The predicted molar refractivity (Wildman–Crippen MR) is 78.7 cm³/mol. The summed E-state index contributed by atoms with van der Waals surface area (Å²) < 4.78 is 5.54. The van der Waals surface area contributed by atoms with Crippen molar-refractivity contribution in [3.05, 3.63) is 18.2 Å². The largest absolute Gasteiger partial charge is 0.378 e. The molecule has 3 atom stereocenters. The number of carbonyl (C=O) groups is 1. The van der Waals surface area contributed by atoms with Gasteiger partial charge in [0, 0.05) is 38.6 Å². The van der Waals surface area contributed by atoms with Crippen LogP contribution in [-0.2, 0) is 9.53 Å². The Kier molecular flexibility index (Phi) is 4.26. The van der Waals surface area contributed by atoms with Crippen LogP contribution in [-0.4, -0.2) is 64.6 Å². The van der Waals surface area contributed by atoms with Crippen LogP contribution in [0.4, 0.5) is 0 Å². The molecule has 6 heteroatoms. The number of aromatic amines is 1. The molecule has 2 fully saturated rings. The number of rotatable bonds is 3. The Morgan fingerprint density at radius 3 is 3.00 bits per heavy atom. The van der Waals surface area contributed by atoms with Gasteiger partial charge < -0.3 is 14.6 Å². The first-order valence-electron chi connectivity index (χ1n) is 7.84. The van der Waals surface area contributed by atoms with Crippen molar-refractivity contribution < 1.29 is 9.53 Å². The van der Waals surface area contributed by atoms with E-state index in [2.05, 4.69) is 21.8 Å². The second-order valence-electron chi connectivity index (χ2n) is 5.87. The molecule has 1 N–H and O–H groups in total. The van der Waals surface area contributed by atoms with Crippen LogP contribution in [0, 0.1) is 5.92 Å². The third-order valence-electron chi connectivity index (χ3n) is 4.74. The summed E-state index contributed by atoms with van der Waals surface area (Å²) in [5.74, 6) is 1.22. The Bertz CT molecular complexity index is 476. The van der Waals surface area contributed by atoms with Gasteiger partial charge in [-0.1, -0.05) is 6.92 Å². The highest BCUT2D eigenvalue weighted by molar-refractivity contribution is 5.79. The Labute approximate surface area is 125 Å². The molecule has 116 valence electrons. The molecular weight excluding hydrogens is 268 g/mol. The van der Waals surface area contributed by atoms with E-state index in [0.29, 0.717) is 13.2 Å². The Morgan fingerprint density at radius 2 is 2.38 bits per heavy atom. The molecule has 3 rings (SSSR count). The second-order valence-corrected chi connectivity index (χ2v) is 5.87. The number of imidazole rings is 1. The van der Waals surface area contributed by atoms with Crippen LogP contribution in [0.1, 0.15) is 32.1 Å². The highest BCUT2D eigenvalue weighted by Crippen LogP contribution is 2.27. The van der Waals surface area contributed by atoms with Gasteiger partial charge in [-0.3, -0.25) is 9.69 Å². The number of H-pyrrole nitrogens is 1. The molecule has 0 aliphatic carbocycles. The number of hydrogen-bond acceptors (Lipinski definition) is 4. The molecule has 1 amide bonds. The Morgan fingerprint density at radius 1 is 1.52 bits per heavy atom. The summed E-state index contributed by atoms with van der Waals surface area (Å²) in [5.41, 5.74) is 0. The van der Waals surface area contributed by atoms with Crippen molar-refractivity contribution in [3.8, 4) is 0 Å². The van der Waals surface area contributed by atoms with E-state index in [9.17, 15) is 4.79 Å². The fourth-order valence-corrected chi connectivity index (χ4v) is 3.41. The van der Waals surface area contributed by atoms with Gasteiger partial charge in [0.1, 0.15) is 5.82 Å². The maximum Gasteiger partial charge on any atom is 0.228 e. The maximum atomic E-state index is 12.7. The summed E-state index contributed by atoms with van der Waals surface area (Å²) in [4.78, 5) is 24.7. The van der Waals surface area contributed by atoms with Crippen molar-refractivity contribution in [2.45, 2.75) is 32.4 Å². The fourth-order valence-electron chi connectivity index (χ4n) is 3.41. The summed E-state index contributed by atoms with van der Waals surface area (Å²) in [5, 5.41) is 0. The average molecular weight is 292 g/mol. The van der Waals surface area contributed by atoms with E-state index in [-0.39, 0.29) is 24.0 Å². The van der Waals surface area contributed by atoms with Gasteiger partial charge in [0.25, 0.3) is 0 Å². The number of ether oxygens (including phenoxy) is 1. The number of aromatic nitrogens is 2. The van der Waals surface area contributed by atoms with Crippen molar-refractivity contribution in [2.24, 2.45) is 5.92 Å². The highest BCUT2D eigenvalue weighted by atomic mass is 16.5. The zero-order valence-electron chi connectivity index (χ0n) is 12.8. The quantitative estimate of drug-likeness (QED) is 0.904. The summed E-state index contributed by atoms with van der Waals surface area (Å²) in [6.45, 7) is 8.23. The van der Waals surface area contributed by atoms with E-state index in [1.165, 1.54) is 0 Å². The lowest BCUT2D eigenvalue weighted by atomic mass is 9.99. The number of nitrogens with zero attached hydrogens (tertiary/aromatic N) is 3. The van der Waals surface area contributed by atoms with Crippen molar-refractivity contribution in [1.82, 2.24) is 19.8 Å². The van der Waals surface area contributed by atoms with Gasteiger partial charge in [0.15, 0.2) is 0 Å². The molecular formula is C15H24N4O2. The second kappa shape index (κ2) is 6.15. The predicted octanol–water partition coefficient (Wildman–Crippen LogP) is 1.04. The smallest absolute Gasteiger partial charge is 0.228 e. The van der Waals surface area contributed by atoms with Crippen LogP contribution >= 0.6 is 0 Å². The third kappa shape index (κ3) is 2.82. The Balaban J connectivity index is 1.72. The number of amides is 1. The minimum Gasteiger partial charge on any atom is -0.378 e. The molecule has 0 saturated carbocycles. The number of likely N-dealkylation sites (N-methyl/N-ethyl adjacent to an activating group) is 1. The minimum absolute atomic E-state index is 0.0235. The molecule has 21 heavy (non-hydrogen) atoms. The lowest BCUT2D eigenvalue weighted by Crippen LogP contribution is -2.52. The first kappa shape index (κ1) is 14.5. The summed E-state index contributed by atoms with van der Waals surface area (Å²) >= 11 is 0. The Hall–Kier alpha value is -1.40. The van der Waals surface area contributed by atoms with E-state index in [4.69, 9.17) is 4.74 Å². The summed E-state index contributed by atoms with van der Waals surface area (Å²) in [6.07, 6.45) is 4.51. The van der Waals surface area contributed by atoms with Crippen molar-refractivity contribution in [3.63, 3.8) is 0 Å². The van der Waals surface area contributed by atoms with Gasteiger partial charge in [-0.2, -0.15) is 0 Å². The molecule has 1 aromatic heterocycles. The van der Waals surface area contributed by atoms with Crippen LogP contribution < -0.4 is 0 Å². The molecule has 3 heterocycles. The van der Waals surface area contributed by atoms with Gasteiger partial charge in [0.05, 0.1) is 18.1 Å². The topological polar surface area (TPSA) is 61.5 Å². The zero-order chi connectivity index (χ0) is 14.8. The van der Waals surface area contributed by atoms with E-state index >= 15 is 0 Å². The van der Waals surface area contributed by atoms with Gasteiger partial charge in [-0.05, 0) is 19.9 Å². The molecule has 0 bridgehead atoms. The van der Waals surface area contributed by atoms with E-state index in [1.807, 2.05) is 18.0 Å². The van der Waals surface area contributed by atoms with Crippen molar-refractivity contribution in [2.75, 3.05) is 32.8 Å². The SMILES string of the molecule is CCN1CCN(C(=O)[C@@H]2CCO[C@@H]2C)C[C@H]1c1ncc[nH]1. The molecule has 0 radical (unpaired) electrons. The van der Waals surface area contributed by atoms with Crippen LogP contribution in [0.25, 0.3) is 0 Å². The lowest BCUT2D eigenvalue weighted by molar-refractivity contribution is -0.140. The minimum atomic E-state index is 0.0235. The van der Waals surface area contributed by atoms with Gasteiger partial charge in [-0.15, -0.1) is 0 Å². The number of carbonyl (C=O) groups excluding carboxylic acids is 1. The van der Waals surface area contributed by atoms with Crippen LogP contribution in [0.5, 0.6) is 0 Å². The number of nitrogens with one attached hydrogen (secondary N) is 1. The third-order valence-corrected chi connectivity index (χ3v) is 4.74. The maximum absolute atomic E-state index is 12.7. The number of piperazine rings is 1. The zero-order valence-corrected chi connectivity index (χ0v) is 12.8. The first-order chi connectivity index (χ1) is 10.2. The molecule has 2 aliphatic heterocycles. The first-order valence-corrected chi connectivity index (χ1v) is 7.84. The highest BCUT2D eigenvalue weighted by Gasteiger charge is 2.37. The monoisotopic (exact) mass is 292 g/mol. The fraction of sp³-hybridized carbons (Fsp3) is 0.733.